The van der Waals surface area contributed by atoms with E-state index in [9.17, 15) is 9.59 Å². The van der Waals surface area contributed by atoms with Gasteiger partial charge in [-0.25, -0.2) is 4.98 Å². The molecule has 1 aromatic heterocycles. The van der Waals surface area contributed by atoms with E-state index in [0.29, 0.717) is 41.0 Å². The number of methoxy groups -OCH3 is 1. The molecule has 6 nitrogen and oxygen atoms in total. The molecule has 0 saturated carbocycles. The Bertz CT molecular complexity index is 852. The van der Waals surface area contributed by atoms with Gasteiger partial charge in [-0.1, -0.05) is 23.9 Å². The molecule has 0 radical (unpaired) electrons. The summed E-state index contributed by atoms with van der Waals surface area (Å²) in [5.74, 6) is 0.428. The number of para-hydroxylation sites is 1. The first-order chi connectivity index (χ1) is 13.1. The van der Waals surface area contributed by atoms with Gasteiger partial charge in [0.2, 0.25) is 5.91 Å². The number of amides is 1. The molecule has 0 N–H and O–H groups in total. The molecule has 146 valence electrons. The molecule has 0 spiro atoms. The molecular formula is C20H27N3O3S. The van der Waals surface area contributed by atoms with E-state index in [2.05, 4.69) is 11.9 Å². The van der Waals surface area contributed by atoms with Gasteiger partial charge in [-0.2, -0.15) is 0 Å². The van der Waals surface area contributed by atoms with E-state index in [0.717, 1.165) is 25.8 Å². The molecule has 1 fully saturated rings. The number of ether oxygens (including phenoxy) is 1. The Morgan fingerprint density at radius 3 is 2.93 bits per heavy atom. The molecule has 1 aliphatic heterocycles. The van der Waals surface area contributed by atoms with Crippen molar-refractivity contribution in [3.63, 3.8) is 0 Å². The number of aromatic nitrogens is 2. The summed E-state index contributed by atoms with van der Waals surface area (Å²) in [6.07, 6.45) is 4.04. The molecule has 2 aromatic rings. The van der Waals surface area contributed by atoms with Crippen molar-refractivity contribution in [2.24, 2.45) is 0 Å². The maximum Gasteiger partial charge on any atom is 0.262 e. The Kier molecular flexibility index (Phi) is 6.90. The predicted octanol–water partition coefficient (Wildman–Crippen LogP) is 2.93. The van der Waals surface area contributed by atoms with E-state index < -0.39 is 0 Å². The fraction of sp³-hybridized carbons (Fsp3) is 0.550. The molecule has 1 aromatic carbocycles. The molecule has 7 heteroatoms. The zero-order valence-corrected chi connectivity index (χ0v) is 16.8. The Morgan fingerprint density at radius 1 is 1.33 bits per heavy atom. The molecule has 27 heavy (non-hydrogen) atoms. The number of piperidine rings is 1. The van der Waals surface area contributed by atoms with Crippen molar-refractivity contribution < 1.29 is 9.53 Å². The van der Waals surface area contributed by atoms with Crippen LogP contribution in [0.3, 0.4) is 0 Å². The van der Waals surface area contributed by atoms with Gasteiger partial charge in [0.25, 0.3) is 5.56 Å². The summed E-state index contributed by atoms with van der Waals surface area (Å²) in [6, 6.07) is 7.65. The number of carbonyl (C=O) groups excluding carboxylic acids is 1. The molecule has 2 heterocycles. The van der Waals surface area contributed by atoms with Gasteiger partial charge in [-0.15, -0.1) is 0 Å². The van der Waals surface area contributed by atoms with Crippen LogP contribution in [0.2, 0.25) is 0 Å². The van der Waals surface area contributed by atoms with E-state index in [1.165, 1.54) is 18.2 Å². The van der Waals surface area contributed by atoms with Gasteiger partial charge in [0, 0.05) is 32.8 Å². The maximum absolute atomic E-state index is 12.9. The van der Waals surface area contributed by atoms with E-state index >= 15 is 0 Å². The number of likely N-dealkylation sites (tertiary alicyclic amines) is 1. The second-order valence-corrected chi connectivity index (χ2v) is 7.88. The highest BCUT2D eigenvalue weighted by Gasteiger charge is 2.23. The van der Waals surface area contributed by atoms with Gasteiger partial charge in [0.05, 0.1) is 16.7 Å². The normalized spacial score (nSPS) is 17.4. The molecule has 1 unspecified atom stereocenters. The second-order valence-electron chi connectivity index (χ2n) is 6.94. The fourth-order valence-corrected chi connectivity index (χ4v) is 4.41. The molecule has 1 aliphatic rings. The zero-order chi connectivity index (χ0) is 19.2. The third kappa shape index (κ3) is 4.71. The standard InChI is InChI=1S/C20H27N3O3S/c1-15-8-5-6-11-22(15)18(24)14-27-20-21-17-10-4-3-9-16(17)19(25)23(20)12-7-13-26-2/h3-4,9-10,15H,5-8,11-14H2,1-2H3. The van der Waals surface area contributed by atoms with Crippen molar-refractivity contribution in [3.8, 4) is 0 Å². The van der Waals surface area contributed by atoms with Crippen molar-refractivity contribution in [3.05, 3.63) is 34.6 Å². The van der Waals surface area contributed by atoms with Crippen molar-refractivity contribution in [2.45, 2.75) is 50.4 Å². The summed E-state index contributed by atoms with van der Waals surface area (Å²) in [5, 5.41) is 1.21. The first kappa shape index (κ1) is 19.9. The van der Waals surface area contributed by atoms with Crippen LogP contribution in [0.4, 0.5) is 0 Å². The lowest BCUT2D eigenvalue weighted by Crippen LogP contribution is -2.43. The van der Waals surface area contributed by atoms with Crippen LogP contribution < -0.4 is 5.56 Å². The predicted molar refractivity (Wildman–Crippen MR) is 108 cm³/mol. The van der Waals surface area contributed by atoms with Gasteiger partial charge < -0.3 is 9.64 Å². The minimum atomic E-state index is -0.0574. The smallest absolute Gasteiger partial charge is 0.262 e. The average Bonchev–Trinajstić information content (AvgIpc) is 2.68. The second kappa shape index (κ2) is 9.37. The van der Waals surface area contributed by atoms with Gasteiger partial charge in [-0.05, 0) is 44.7 Å². The number of rotatable bonds is 7. The Morgan fingerprint density at radius 2 is 2.15 bits per heavy atom. The largest absolute Gasteiger partial charge is 0.385 e. The van der Waals surface area contributed by atoms with Crippen LogP contribution in [0.15, 0.2) is 34.2 Å². The van der Waals surface area contributed by atoms with Crippen molar-refractivity contribution >= 4 is 28.6 Å². The summed E-state index contributed by atoms with van der Waals surface area (Å²) in [6.45, 7) is 4.04. The average molecular weight is 390 g/mol. The van der Waals surface area contributed by atoms with Crippen LogP contribution in [0.1, 0.15) is 32.6 Å². The highest BCUT2D eigenvalue weighted by molar-refractivity contribution is 7.99. The number of fused-ring (bicyclic) bond motifs is 1. The first-order valence-electron chi connectivity index (χ1n) is 9.52. The minimum Gasteiger partial charge on any atom is -0.385 e. The third-order valence-corrected chi connectivity index (χ3v) is 5.97. The summed E-state index contributed by atoms with van der Waals surface area (Å²) >= 11 is 1.36. The summed E-state index contributed by atoms with van der Waals surface area (Å²) in [7, 11) is 1.65. The van der Waals surface area contributed by atoms with Gasteiger partial charge in [-0.3, -0.25) is 14.2 Å². The highest BCUT2D eigenvalue weighted by Crippen LogP contribution is 2.22. The zero-order valence-electron chi connectivity index (χ0n) is 16.0. The van der Waals surface area contributed by atoms with Crippen LogP contribution in [0.5, 0.6) is 0 Å². The van der Waals surface area contributed by atoms with Crippen LogP contribution in [-0.2, 0) is 16.1 Å². The number of carbonyl (C=O) groups is 1. The summed E-state index contributed by atoms with van der Waals surface area (Å²) in [4.78, 5) is 32.2. The quantitative estimate of drug-likeness (QED) is 0.414. The van der Waals surface area contributed by atoms with E-state index in [1.807, 2.05) is 23.1 Å². The molecule has 1 saturated heterocycles. The number of thioether (sulfide) groups is 1. The third-order valence-electron chi connectivity index (χ3n) is 5.00. The highest BCUT2D eigenvalue weighted by atomic mass is 32.2. The van der Waals surface area contributed by atoms with Crippen LogP contribution in [0, 0.1) is 0 Å². The van der Waals surface area contributed by atoms with Gasteiger partial charge in [0.15, 0.2) is 5.16 Å². The molecular weight excluding hydrogens is 362 g/mol. The lowest BCUT2D eigenvalue weighted by Gasteiger charge is -2.33. The molecule has 0 bridgehead atoms. The summed E-state index contributed by atoms with van der Waals surface area (Å²) < 4.78 is 6.80. The monoisotopic (exact) mass is 389 g/mol. The van der Waals surface area contributed by atoms with E-state index in [4.69, 9.17) is 4.74 Å². The van der Waals surface area contributed by atoms with Crippen molar-refractivity contribution in [1.29, 1.82) is 0 Å². The van der Waals surface area contributed by atoms with Crippen LogP contribution >= 0.6 is 11.8 Å². The molecule has 3 rings (SSSR count). The maximum atomic E-state index is 12.9. The Balaban J connectivity index is 1.82. The lowest BCUT2D eigenvalue weighted by molar-refractivity contribution is -0.131. The number of nitrogens with zero attached hydrogens (tertiary/aromatic N) is 3. The fourth-order valence-electron chi connectivity index (χ4n) is 3.50. The molecule has 1 atom stereocenters. The Hall–Kier alpha value is -1.86. The number of benzene rings is 1. The molecule has 0 aliphatic carbocycles. The summed E-state index contributed by atoms with van der Waals surface area (Å²) in [5.41, 5.74) is 0.616. The minimum absolute atomic E-state index is 0.0574. The van der Waals surface area contributed by atoms with Gasteiger partial charge in [0.1, 0.15) is 0 Å². The van der Waals surface area contributed by atoms with Crippen LogP contribution in [-0.4, -0.2) is 52.4 Å². The SMILES string of the molecule is COCCCn1c(SCC(=O)N2CCCCC2C)nc2ccccc2c1=O. The van der Waals surface area contributed by atoms with E-state index in [1.54, 1.807) is 17.7 Å². The van der Waals surface area contributed by atoms with Crippen LogP contribution in [0.25, 0.3) is 10.9 Å². The van der Waals surface area contributed by atoms with Crippen molar-refractivity contribution in [1.82, 2.24) is 14.5 Å². The lowest BCUT2D eigenvalue weighted by atomic mass is 10.0. The number of hydrogen-bond donors (Lipinski definition) is 0. The topological polar surface area (TPSA) is 64.4 Å². The van der Waals surface area contributed by atoms with Crippen molar-refractivity contribution in [2.75, 3.05) is 26.0 Å². The molecule has 1 amide bonds. The first-order valence-corrected chi connectivity index (χ1v) is 10.5. The van der Waals surface area contributed by atoms with Gasteiger partial charge >= 0.3 is 0 Å². The number of hydrogen-bond acceptors (Lipinski definition) is 5. The Labute approximate surface area is 163 Å². The van der Waals surface area contributed by atoms with E-state index in [-0.39, 0.29) is 11.5 Å².